The van der Waals surface area contributed by atoms with E-state index < -0.39 is 0 Å². The summed E-state index contributed by atoms with van der Waals surface area (Å²) in [6.45, 7) is 0.647. The van der Waals surface area contributed by atoms with Crippen molar-refractivity contribution >= 4 is 22.6 Å². The Hall–Kier alpha value is -4.00. The van der Waals surface area contributed by atoms with Gasteiger partial charge in [0.25, 0.3) is 5.91 Å². The van der Waals surface area contributed by atoms with E-state index >= 15 is 0 Å². The van der Waals surface area contributed by atoms with Gasteiger partial charge in [-0.15, -0.1) is 0 Å². The molecular formula is C28H27N3O4. The van der Waals surface area contributed by atoms with E-state index in [1.165, 1.54) is 12.7 Å². The lowest BCUT2D eigenvalue weighted by Gasteiger charge is -2.22. The van der Waals surface area contributed by atoms with E-state index in [4.69, 9.17) is 9.26 Å². The van der Waals surface area contributed by atoms with Crippen molar-refractivity contribution in [2.45, 2.75) is 38.1 Å². The largest absolute Gasteiger partial charge is 0.465 e. The zero-order valence-electron chi connectivity index (χ0n) is 19.6. The first-order chi connectivity index (χ1) is 17.1. The van der Waals surface area contributed by atoms with Crippen LogP contribution < -0.4 is 0 Å². The molecule has 1 atom stereocenters. The van der Waals surface area contributed by atoms with Crippen LogP contribution in [0.25, 0.3) is 10.8 Å². The van der Waals surface area contributed by atoms with Crippen LogP contribution in [0.15, 0.2) is 71.3 Å². The first-order valence-corrected chi connectivity index (χ1v) is 11.9. The number of hydrogen-bond donors (Lipinski definition) is 0. The van der Waals surface area contributed by atoms with Crippen molar-refractivity contribution in [3.8, 4) is 0 Å². The van der Waals surface area contributed by atoms with Crippen molar-refractivity contribution < 1.29 is 18.8 Å². The number of fused-ring (bicyclic) bond motifs is 1. The number of nitrogens with zero attached hydrogens (tertiary/aromatic N) is 3. The summed E-state index contributed by atoms with van der Waals surface area (Å²) in [6, 6.07) is 21.0. The Morgan fingerprint density at radius 1 is 1.00 bits per heavy atom. The number of methoxy groups -OCH3 is 1. The molecule has 0 unspecified atom stereocenters. The normalized spacial score (nSPS) is 15.5. The number of likely N-dealkylation sites (tertiary alicyclic amines) is 1. The van der Waals surface area contributed by atoms with Gasteiger partial charge in [-0.25, -0.2) is 4.79 Å². The average Bonchev–Trinajstić information content (AvgIpc) is 3.57. The Morgan fingerprint density at radius 3 is 2.51 bits per heavy atom. The van der Waals surface area contributed by atoms with E-state index in [0.717, 1.165) is 42.9 Å². The van der Waals surface area contributed by atoms with Gasteiger partial charge in [-0.05, 0) is 66.3 Å². The Kier molecular flexibility index (Phi) is 6.57. The molecule has 1 saturated heterocycles. The molecule has 0 bridgehead atoms. The summed E-state index contributed by atoms with van der Waals surface area (Å²) in [6.07, 6.45) is 4.32. The Balaban J connectivity index is 1.27. The van der Waals surface area contributed by atoms with Crippen LogP contribution in [0.2, 0.25) is 0 Å². The van der Waals surface area contributed by atoms with Gasteiger partial charge >= 0.3 is 5.97 Å². The second kappa shape index (κ2) is 10.1. The highest BCUT2D eigenvalue weighted by Gasteiger charge is 2.34. The van der Waals surface area contributed by atoms with Gasteiger partial charge in [-0.3, -0.25) is 4.79 Å². The first kappa shape index (κ1) is 22.8. The minimum absolute atomic E-state index is 0.0599. The average molecular weight is 470 g/mol. The maximum absolute atomic E-state index is 13.4. The highest BCUT2D eigenvalue weighted by Crippen LogP contribution is 2.33. The second-order valence-electron chi connectivity index (χ2n) is 8.81. The maximum Gasteiger partial charge on any atom is 0.337 e. The molecule has 1 aliphatic rings. The minimum Gasteiger partial charge on any atom is -0.465 e. The highest BCUT2D eigenvalue weighted by atomic mass is 16.5. The third-order valence-electron chi connectivity index (χ3n) is 6.50. The van der Waals surface area contributed by atoms with Crippen LogP contribution in [0.4, 0.5) is 0 Å². The second-order valence-corrected chi connectivity index (χ2v) is 8.81. The fourth-order valence-electron chi connectivity index (χ4n) is 4.66. The third-order valence-corrected chi connectivity index (χ3v) is 6.50. The van der Waals surface area contributed by atoms with Crippen LogP contribution in [0.1, 0.15) is 63.3 Å². The van der Waals surface area contributed by atoms with Gasteiger partial charge in [0.05, 0.1) is 12.7 Å². The quantitative estimate of drug-likeness (QED) is 0.348. The Bertz CT molecular complexity index is 1350. The number of benzene rings is 3. The number of amides is 1. The molecule has 178 valence electrons. The molecule has 1 aliphatic heterocycles. The topological polar surface area (TPSA) is 85.5 Å². The number of aromatic nitrogens is 2. The van der Waals surface area contributed by atoms with E-state index in [1.807, 2.05) is 41.3 Å². The predicted octanol–water partition coefficient (Wildman–Crippen LogP) is 5.16. The third kappa shape index (κ3) is 4.94. The Labute approximate surface area is 203 Å². The van der Waals surface area contributed by atoms with Crippen LogP contribution in [0.5, 0.6) is 0 Å². The van der Waals surface area contributed by atoms with Crippen molar-refractivity contribution in [2.24, 2.45) is 0 Å². The van der Waals surface area contributed by atoms with E-state index in [-0.39, 0.29) is 17.9 Å². The van der Waals surface area contributed by atoms with Crippen LogP contribution in [0.3, 0.4) is 0 Å². The molecule has 0 aliphatic carbocycles. The molecule has 2 heterocycles. The summed E-state index contributed by atoms with van der Waals surface area (Å²) >= 11 is 0. The summed E-state index contributed by atoms with van der Waals surface area (Å²) < 4.78 is 10.4. The minimum atomic E-state index is -0.383. The number of esters is 1. The zero-order valence-corrected chi connectivity index (χ0v) is 19.6. The predicted molar refractivity (Wildman–Crippen MR) is 131 cm³/mol. The summed E-state index contributed by atoms with van der Waals surface area (Å²) in [7, 11) is 1.36. The van der Waals surface area contributed by atoms with Crippen molar-refractivity contribution in [2.75, 3.05) is 13.7 Å². The van der Waals surface area contributed by atoms with E-state index in [2.05, 4.69) is 22.3 Å². The summed E-state index contributed by atoms with van der Waals surface area (Å²) in [5, 5.41) is 5.93. The van der Waals surface area contributed by atoms with Crippen molar-refractivity contribution in [3.63, 3.8) is 0 Å². The lowest BCUT2D eigenvalue weighted by Crippen LogP contribution is -2.30. The molecule has 35 heavy (non-hydrogen) atoms. The van der Waals surface area contributed by atoms with Gasteiger partial charge in [-0.1, -0.05) is 47.6 Å². The van der Waals surface area contributed by atoms with Crippen LogP contribution >= 0.6 is 0 Å². The molecule has 1 fully saturated rings. The first-order valence-electron chi connectivity index (χ1n) is 11.9. The Morgan fingerprint density at radius 2 is 1.74 bits per heavy atom. The number of ether oxygens (including phenoxy) is 1. The van der Waals surface area contributed by atoms with Crippen molar-refractivity contribution in [1.82, 2.24) is 15.0 Å². The fraction of sp³-hybridized carbons (Fsp3) is 0.286. The molecule has 0 radical (unpaired) electrons. The number of rotatable bonds is 7. The molecule has 1 aromatic heterocycles. The molecule has 0 saturated carbocycles. The summed E-state index contributed by atoms with van der Waals surface area (Å²) in [5.74, 6) is 0.748. The van der Waals surface area contributed by atoms with E-state index in [1.54, 1.807) is 18.2 Å². The van der Waals surface area contributed by atoms with Gasteiger partial charge in [0.2, 0.25) is 5.89 Å². The molecule has 0 N–H and O–H groups in total. The molecule has 1 amide bonds. The molecule has 5 rings (SSSR count). The van der Waals surface area contributed by atoms with Crippen molar-refractivity contribution in [3.05, 3.63) is 95.1 Å². The van der Waals surface area contributed by atoms with Crippen LogP contribution in [-0.4, -0.2) is 40.6 Å². The number of carbonyl (C=O) groups excluding carboxylic acids is 2. The van der Waals surface area contributed by atoms with Crippen LogP contribution in [-0.2, 0) is 17.6 Å². The van der Waals surface area contributed by atoms with Gasteiger partial charge < -0.3 is 14.2 Å². The smallest absolute Gasteiger partial charge is 0.337 e. The van der Waals surface area contributed by atoms with Gasteiger partial charge in [0, 0.05) is 18.5 Å². The lowest BCUT2D eigenvalue weighted by molar-refractivity contribution is 0.0600. The SMILES string of the molecule is COC(=O)c1ccc2cc(C(=O)N3CCC[C@H]3c3nc(CCCc4ccccc4)no3)ccc2c1. The molecule has 7 nitrogen and oxygen atoms in total. The van der Waals surface area contributed by atoms with Gasteiger partial charge in [0.1, 0.15) is 6.04 Å². The number of carbonyl (C=O) groups is 2. The number of aryl methyl sites for hydroxylation is 2. The zero-order chi connectivity index (χ0) is 24.2. The van der Waals surface area contributed by atoms with Gasteiger partial charge in [0.15, 0.2) is 5.82 Å². The molecule has 3 aromatic carbocycles. The lowest BCUT2D eigenvalue weighted by atomic mass is 10.0. The summed E-state index contributed by atoms with van der Waals surface area (Å²) in [4.78, 5) is 31.6. The molecule has 7 heteroatoms. The molecular weight excluding hydrogens is 442 g/mol. The molecule has 0 spiro atoms. The fourth-order valence-corrected chi connectivity index (χ4v) is 4.66. The highest BCUT2D eigenvalue weighted by molar-refractivity contribution is 6.00. The van der Waals surface area contributed by atoms with E-state index in [0.29, 0.717) is 29.4 Å². The van der Waals surface area contributed by atoms with Gasteiger partial charge in [-0.2, -0.15) is 4.98 Å². The number of hydrogen-bond acceptors (Lipinski definition) is 6. The maximum atomic E-state index is 13.4. The van der Waals surface area contributed by atoms with Crippen LogP contribution in [0, 0.1) is 0 Å². The summed E-state index contributed by atoms with van der Waals surface area (Å²) in [5.41, 5.74) is 2.37. The standard InChI is InChI=1S/C28H27N3O4/c1-34-28(33)23-15-13-20-17-22(14-12-21(20)18-23)27(32)31-16-6-10-24(31)26-29-25(30-35-26)11-5-9-19-7-3-2-4-8-19/h2-4,7-8,12-15,17-18,24H,5-6,9-11,16H2,1H3/t24-/m0/s1. The monoisotopic (exact) mass is 469 g/mol. The van der Waals surface area contributed by atoms with E-state index in [9.17, 15) is 9.59 Å². The van der Waals surface area contributed by atoms with Crippen molar-refractivity contribution in [1.29, 1.82) is 0 Å². The molecule has 4 aromatic rings.